The van der Waals surface area contributed by atoms with Crippen LogP contribution in [0.2, 0.25) is 0 Å². The lowest BCUT2D eigenvalue weighted by Crippen LogP contribution is -2.24. The molecule has 0 aliphatic rings. The number of benzene rings is 2. The summed E-state index contributed by atoms with van der Waals surface area (Å²) in [4.78, 5) is 11.8. The number of carbonyl (C=O) groups is 1. The zero-order valence-electron chi connectivity index (χ0n) is 15.7. The predicted molar refractivity (Wildman–Crippen MR) is 103 cm³/mol. The molecule has 0 atom stereocenters. The average Bonchev–Trinajstić information content (AvgIpc) is 2.71. The Morgan fingerprint density at radius 3 is 2.41 bits per heavy atom. The summed E-state index contributed by atoms with van der Waals surface area (Å²) in [7, 11) is 3.16. The van der Waals surface area contributed by atoms with Gasteiger partial charge in [0.05, 0.1) is 27.0 Å². The Bertz CT molecular complexity index is 759. The smallest absolute Gasteiger partial charge is 0.277 e. The van der Waals surface area contributed by atoms with Crippen molar-refractivity contribution in [2.75, 3.05) is 27.4 Å². The summed E-state index contributed by atoms with van der Waals surface area (Å²) >= 11 is 0. The third kappa shape index (κ3) is 6.54. The van der Waals surface area contributed by atoms with Crippen molar-refractivity contribution >= 4 is 12.1 Å². The molecule has 0 spiro atoms. The minimum Gasteiger partial charge on any atom is -0.497 e. The number of ether oxygens (including phenoxy) is 4. The highest BCUT2D eigenvalue weighted by Crippen LogP contribution is 2.27. The van der Waals surface area contributed by atoms with Gasteiger partial charge in [-0.05, 0) is 54.4 Å². The summed E-state index contributed by atoms with van der Waals surface area (Å²) in [5.74, 6) is 2.22. The third-order valence-corrected chi connectivity index (χ3v) is 3.48. The largest absolute Gasteiger partial charge is 0.497 e. The first kappa shape index (κ1) is 20.1. The van der Waals surface area contributed by atoms with E-state index in [-0.39, 0.29) is 12.5 Å². The minimum absolute atomic E-state index is 0.142. The topological polar surface area (TPSA) is 78.4 Å². The van der Waals surface area contributed by atoms with Crippen molar-refractivity contribution in [3.63, 3.8) is 0 Å². The number of nitrogens with zero attached hydrogens (tertiary/aromatic N) is 1. The lowest BCUT2D eigenvalue weighted by Gasteiger charge is -2.10. The minimum atomic E-state index is -0.364. The monoisotopic (exact) mass is 372 g/mol. The van der Waals surface area contributed by atoms with Crippen LogP contribution in [0.3, 0.4) is 0 Å². The number of nitrogens with one attached hydrogen (secondary N) is 1. The van der Waals surface area contributed by atoms with Crippen molar-refractivity contribution in [1.29, 1.82) is 0 Å². The van der Waals surface area contributed by atoms with Crippen LogP contribution in [0.25, 0.3) is 0 Å². The molecule has 0 heterocycles. The van der Waals surface area contributed by atoms with E-state index in [0.717, 1.165) is 17.7 Å². The fraction of sp³-hybridized carbons (Fsp3) is 0.300. The number of hydrogen-bond acceptors (Lipinski definition) is 6. The molecule has 1 amide bonds. The number of hydrazone groups is 1. The van der Waals surface area contributed by atoms with E-state index in [9.17, 15) is 4.79 Å². The van der Waals surface area contributed by atoms with Gasteiger partial charge in [0, 0.05) is 0 Å². The van der Waals surface area contributed by atoms with Gasteiger partial charge < -0.3 is 18.9 Å². The van der Waals surface area contributed by atoms with Gasteiger partial charge in [0.15, 0.2) is 18.1 Å². The molecule has 0 unspecified atom stereocenters. The Balaban J connectivity index is 1.83. The lowest BCUT2D eigenvalue weighted by atomic mass is 10.2. The van der Waals surface area contributed by atoms with Crippen molar-refractivity contribution in [2.24, 2.45) is 5.10 Å². The molecule has 2 aromatic carbocycles. The van der Waals surface area contributed by atoms with E-state index in [1.54, 1.807) is 44.6 Å². The van der Waals surface area contributed by atoms with Gasteiger partial charge in [-0.3, -0.25) is 4.79 Å². The molecule has 2 aromatic rings. The Hall–Kier alpha value is -3.22. The summed E-state index contributed by atoms with van der Waals surface area (Å²) in [5.41, 5.74) is 3.19. The van der Waals surface area contributed by atoms with Crippen molar-refractivity contribution in [3.8, 4) is 23.0 Å². The summed E-state index contributed by atoms with van der Waals surface area (Å²) in [6, 6.07) is 12.4. The molecule has 0 fully saturated rings. The van der Waals surface area contributed by atoms with E-state index in [2.05, 4.69) is 10.5 Å². The van der Waals surface area contributed by atoms with E-state index in [1.807, 2.05) is 19.1 Å². The molecule has 2 rings (SSSR count). The molecule has 7 heteroatoms. The van der Waals surface area contributed by atoms with Crippen molar-refractivity contribution in [2.45, 2.75) is 13.3 Å². The molecule has 0 aromatic heterocycles. The van der Waals surface area contributed by atoms with Gasteiger partial charge >= 0.3 is 0 Å². The Morgan fingerprint density at radius 2 is 1.74 bits per heavy atom. The van der Waals surface area contributed by atoms with E-state index in [1.165, 1.54) is 6.21 Å². The molecular formula is C20H24N2O5. The summed E-state index contributed by atoms with van der Waals surface area (Å²) in [6.45, 7) is 2.51. The van der Waals surface area contributed by atoms with E-state index < -0.39 is 0 Å². The molecule has 0 aliphatic heterocycles. The molecule has 27 heavy (non-hydrogen) atoms. The van der Waals surface area contributed by atoms with Crippen LogP contribution >= 0.6 is 0 Å². The third-order valence-electron chi connectivity index (χ3n) is 3.48. The number of hydrogen-bond donors (Lipinski definition) is 1. The molecule has 7 nitrogen and oxygen atoms in total. The maximum atomic E-state index is 11.8. The Morgan fingerprint density at radius 1 is 1.00 bits per heavy atom. The molecule has 144 valence electrons. The van der Waals surface area contributed by atoms with Gasteiger partial charge in [-0.2, -0.15) is 5.10 Å². The van der Waals surface area contributed by atoms with Crippen molar-refractivity contribution in [1.82, 2.24) is 5.43 Å². The summed E-state index contributed by atoms with van der Waals surface area (Å²) in [6.07, 6.45) is 2.44. The Kier molecular flexibility index (Phi) is 7.96. The van der Waals surface area contributed by atoms with Crippen LogP contribution in [0.15, 0.2) is 47.6 Å². The van der Waals surface area contributed by atoms with Crippen LogP contribution in [-0.4, -0.2) is 39.6 Å². The van der Waals surface area contributed by atoms with E-state index in [4.69, 9.17) is 18.9 Å². The number of methoxy groups -OCH3 is 2. The van der Waals surface area contributed by atoms with Crippen molar-refractivity contribution < 1.29 is 23.7 Å². The van der Waals surface area contributed by atoms with Gasteiger partial charge in [-0.1, -0.05) is 6.92 Å². The lowest BCUT2D eigenvalue weighted by molar-refractivity contribution is -0.123. The first-order chi connectivity index (χ1) is 13.2. The number of rotatable bonds is 10. The maximum Gasteiger partial charge on any atom is 0.277 e. The molecule has 1 N–H and O–H groups in total. The first-order valence-corrected chi connectivity index (χ1v) is 8.56. The van der Waals surface area contributed by atoms with Gasteiger partial charge in [0.2, 0.25) is 0 Å². The second-order valence-electron chi connectivity index (χ2n) is 5.52. The van der Waals surface area contributed by atoms with E-state index >= 15 is 0 Å². The normalized spacial score (nSPS) is 10.5. The number of amides is 1. The zero-order chi connectivity index (χ0) is 19.5. The molecule has 0 saturated carbocycles. The van der Waals surface area contributed by atoms with Crippen LogP contribution in [0.1, 0.15) is 18.9 Å². The quantitative estimate of drug-likeness (QED) is 0.512. The van der Waals surface area contributed by atoms with Crippen LogP contribution in [0, 0.1) is 0 Å². The van der Waals surface area contributed by atoms with Crippen molar-refractivity contribution in [3.05, 3.63) is 48.0 Å². The predicted octanol–water partition coefficient (Wildman–Crippen LogP) is 3.02. The molecule has 0 saturated heterocycles. The first-order valence-electron chi connectivity index (χ1n) is 8.56. The fourth-order valence-electron chi connectivity index (χ4n) is 2.13. The highest BCUT2D eigenvalue weighted by atomic mass is 16.5. The van der Waals surface area contributed by atoms with Gasteiger partial charge in [0.25, 0.3) is 5.91 Å². The van der Waals surface area contributed by atoms with Crippen LogP contribution in [0.4, 0.5) is 0 Å². The van der Waals surface area contributed by atoms with E-state index in [0.29, 0.717) is 23.9 Å². The molecular weight excluding hydrogens is 348 g/mol. The van der Waals surface area contributed by atoms with Gasteiger partial charge in [-0.15, -0.1) is 0 Å². The second-order valence-corrected chi connectivity index (χ2v) is 5.52. The SMILES string of the molecule is CCCOc1ccc(/C=N/NC(=O)COc2ccc(OC)cc2)cc1OC. The second kappa shape index (κ2) is 10.7. The van der Waals surface area contributed by atoms with Crippen LogP contribution < -0.4 is 24.4 Å². The molecule has 0 bridgehead atoms. The molecule has 0 aliphatic carbocycles. The van der Waals surface area contributed by atoms with Crippen LogP contribution in [-0.2, 0) is 4.79 Å². The van der Waals surface area contributed by atoms with Crippen LogP contribution in [0.5, 0.6) is 23.0 Å². The standard InChI is InChI=1S/C20H24N2O5/c1-4-11-26-18-10-5-15(12-19(18)25-3)13-21-22-20(23)14-27-17-8-6-16(24-2)7-9-17/h5-10,12-13H,4,11,14H2,1-3H3,(H,22,23)/b21-13+. The van der Waals surface area contributed by atoms with Gasteiger partial charge in [0.1, 0.15) is 11.5 Å². The highest BCUT2D eigenvalue weighted by molar-refractivity contribution is 5.83. The summed E-state index contributed by atoms with van der Waals surface area (Å²) < 4.78 is 21.4. The fourth-order valence-corrected chi connectivity index (χ4v) is 2.13. The highest BCUT2D eigenvalue weighted by Gasteiger charge is 2.05. The summed E-state index contributed by atoms with van der Waals surface area (Å²) in [5, 5.41) is 3.93. The number of carbonyl (C=O) groups excluding carboxylic acids is 1. The molecule has 0 radical (unpaired) electrons. The Labute approximate surface area is 158 Å². The zero-order valence-corrected chi connectivity index (χ0v) is 15.7. The van der Waals surface area contributed by atoms with Gasteiger partial charge in [-0.25, -0.2) is 5.43 Å². The average molecular weight is 372 g/mol. The maximum absolute atomic E-state index is 11.8.